The van der Waals surface area contributed by atoms with Crippen molar-refractivity contribution in [2.24, 2.45) is 17.6 Å². The largest absolute Gasteiger partial charge is 0.481 e. The summed E-state index contributed by atoms with van der Waals surface area (Å²) in [5.74, 6) is -1.40. The third-order valence-corrected chi connectivity index (χ3v) is 4.71. The fourth-order valence-electron chi connectivity index (χ4n) is 3.18. The third-order valence-electron chi connectivity index (χ3n) is 4.71. The van der Waals surface area contributed by atoms with E-state index in [2.05, 4.69) is 0 Å². The Labute approximate surface area is 127 Å². The second kappa shape index (κ2) is 6.28. The molecule has 2 rings (SSSR count). The molecule has 0 aliphatic heterocycles. The zero-order chi connectivity index (χ0) is 16.5. The molecule has 0 heterocycles. The predicted octanol–water partition coefficient (Wildman–Crippen LogP) is 3.64. The van der Waals surface area contributed by atoms with E-state index in [0.29, 0.717) is 12.8 Å². The Morgan fingerprint density at radius 2 is 1.86 bits per heavy atom. The number of rotatable bonds is 3. The van der Waals surface area contributed by atoms with E-state index in [1.165, 1.54) is 12.1 Å². The quantitative estimate of drug-likeness (QED) is 0.895. The van der Waals surface area contributed by atoms with Gasteiger partial charge in [0.05, 0.1) is 11.5 Å². The lowest BCUT2D eigenvalue weighted by atomic mass is 9.71. The number of hydrogen-bond acceptors (Lipinski definition) is 2. The summed E-state index contributed by atoms with van der Waals surface area (Å²) in [4.78, 5) is 11.1. The molecule has 22 heavy (non-hydrogen) atoms. The molecule has 1 aromatic carbocycles. The average Bonchev–Trinajstić information content (AvgIpc) is 2.46. The van der Waals surface area contributed by atoms with Crippen molar-refractivity contribution < 1.29 is 23.1 Å². The van der Waals surface area contributed by atoms with Gasteiger partial charge in [-0.3, -0.25) is 4.79 Å². The summed E-state index contributed by atoms with van der Waals surface area (Å²) in [6.07, 6.45) is -2.33. The molecule has 4 atom stereocenters. The minimum atomic E-state index is -4.35. The van der Waals surface area contributed by atoms with Gasteiger partial charge in [0, 0.05) is 6.04 Å². The lowest BCUT2D eigenvalue weighted by Crippen LogP contribution is -2.37. The van der Waals surface area contributed by atoms with E-state index in [0.717, 1.165) is 24.1 Å². The van der Waals surface area contributed by atoms with Gasteiger partial charge in [0.15, 0.2) is 0 Å². The SMILES string of the molecule is CC(C(=O)O)[C@@H]1CC[C@@H](N)[C@H](c2ccc(C(F)(F)F)cc2)C1. The van der Waals surface area contributed by atoms with Crippen molar-refractivity contribution in [1.29, 1.82) is 0 Å². The fourth-order valence-corrected chi connectivity index (χ4v) is 3.18. The Kier molecular flexibility index (Phi) is 4.80. The molecule has 0 radical (unpaired) electrons. The molecule has 1 aromatic rings. The summed E-state index contributed by atoms with van der Waals surface area (Å²) < 4.78 is 37.8. The number of aliphatic carboxylic acids is 1. The minimum absolute atomic E-state index is 0.00425. The normalized spacial score (nSPS) is 27.4. The standard InChI is InChI=1S/C16H20F3NO2/c1-9(15(21)22)11-4-7-14(20)13(8-11)10-2-5-12(6-3-10)16(17,18)19/h2-3,5-6,9,11,13-14H,4,7-8,20H2,1H3,(H,21,22)/t9?,11-,13+,14-/m1/s1. The molecule has 0 spiro atoms. The summed E-state index contributed by atoms with van der Waals surface area (Å²) in [6, 6.07) is 4.90. The van der Waals surface area contributed by atoms with E-state index in [9.17, 15) is 18.0 Å². The maximum absolute atomic E-state index is 12.6. The van der Waals surface area contributed by atoms with Gasteiger partial charge < -0.3 is 10.8 Å². The number of carboxylic acid groups (broad SMARTS) is 1. The monoisotopic (exact) mass is 315 g/mol. The predicted molar refractivity (Wildman–Crippen MR) is 76.3 cm³/mol. The van der Waals surface area contributed by atoms with Crippen LogP contribution in [0.4, 0.5) is 13.2 Å². The Bertz CT molecular complexity index is 527. The number of nitrogens with two attached hydrogens (primary N) is 1. The molecule has 3 N–H and O–H groups in total. The van der Waals surface area contributed by atoms with Crippen molar-refractivity contribution in [3.8, 4) is 0 Å². The highest BCUT2D eigenvalue weighted by atomic mass is 19.4. The van der Waals surface area contributed by atoms with Crippen LogP contribution in [0.5, 0.6) is 0 Å². The first kappa shape index (κ1) is 16.8. The molecular weight excluding hydrogens is 295 g/mol. The molecule has 122 valence electrons. The van der Waals surface area contributed by atoms with Crippen LogP contribution in [0, 0.1) is 11.8 Å². The molecule has 3 nitrogen and oxygen atoms in total. The van der Waals surface area contributed by atoms with Crippen molar-refractivity contribution in [3.63, 3.8) is 0 Å². The number of halogens is 3. The minimum Gasteiger partial charge on any atom is -0.481 e. The number of benzene rings is 1. The second-order valence-electron chi connectivity index (χ2n) is 6.09. The van der Waals surface area contributed by atoms with E-state index in [1.807, 2.05) is 0 Å². The number of carboxylic acids is 1. The van der Waals surface area contributed by atoms with Gasteiger partial charge in [-0.2, -0.15) is 13.2 Å². The van der Waals surface area contributed by atoms with Crippen LogP contribution in [-0.4, -0.2) is 17.1 Å². The molecule has 0 amide bonds. The second-order valence-corrected chi connectivity index (χ2v) is 6.09. The highest BCUT2D eigenvalue weighted by molar-refractivity contribution is 5.69. The molecular formula is C16H20F3NO2. The van der Waals surface area contributed by atoms with Crippen LogP contribution in [0.1, 0.15) is 43.2 Å². The molecule has 1 saturated carbocycles. The number of alkyl halides is 3. The van der Waals surface area contributed by atoms with Gasteiger partial charge in [0.1, 0.15) is 0 Å². The van der Waals surface area contributed by atoms with Crippen LogP contribution in [-0.2, 0) is 11.0 Å². The van der Waals surface area contributed by atoms with Crippen molar-refractivity contribution in [2.75, 3.05) is 0 Å². The molecule has 1 unspecified atom stereocenters. The highest BCUT2D eigenvalue weighted by Crippen LogP contribution is 2.39. The molecule has 1 aliphatic carbocycles. The van der Waals surface area contributed by atoms with E-state index in [1.54, 1.807) is 6.92 Å². The molecule has 0 saturated heterocycles. The van der Waals surface area contributed by atoms with Gasteiger partial charge in [-0.1, -0.05) is 19.1 Å². The van der Waals surface area contributed by atoms with Crippen LogP contribution in [0.25, 0.3) is 0 Å². The van der Waals surface area contributed by atoms with Gasteiger partial charge in [0.2, 0.25) is 0 Å². The lowest BCUT2D eigenvalue weighted by molar-refractivity contribution is -0.143. The fraction of sp³-hybridized carbons (Fsp3) is 0.562. The van der Waals surface area contributed by atoms with Gasteiger partial charge in [0.25, 0.3) is 0 Å². The average molecular weight is 315 g/mol. The van der Waals surface area contributed by atoms with Crippen molar-refractivity contribution in [1.82, 2.24) is 0 Å². The first-order valence-corrected chi connectivity index (χ1v) is 7.35. The van der Waals surface area contributed by atoms with Crippen LogP contribution in [0.15, 0.2) is 24.3 Å². The highest BCUT2D eigenvalue weighted by Gasteiger charge is 2.35. The molecule has 1 aliphatic rings. The first-order valence-electron chi connectivity index (χ1n) is 7.35. The maximum Gasteiger partial charge on any atom is 0.416 e. The Hall–Kier alpha value is -1.56. The Balaban J connectivity index is 2.17. The van der Waals surface area contributed by atoms with Crippen molar-refractivity contribution >= 4 is 5.97 Å². The van der Waals surface area contributed by atoms with Crippen LogP contribution in [0.3, 0.4) is 0 Å². The molecule has 0 aromatic heterocycles. The van der Waals surface area contributed by atoms with E-state index >= 15 is 0 Å². The number of carbonyl (C=O) groups is 1. The molecule has 0 bridgehead atoms. The van der Waals surface area contributed by atoms with Gasteiger partial charge >= 0.3 is 12.1 Å². The topological polar surface area (TPSA) is 63.3 Å². The first-order chi connectivity index (χ1) is 10.2. The van der Waals surface area contributed by atoms with Crippen molar-refractivity contribution in [2.45, 2.75) is 44.3 Å². The van der Waals surface area contributed by atoms with Gasteiger partial charge in [-0.25, -0.2) is 0 Å². The number of hydrogen-bond donors (Lipinski definition) is 2. The summed E-state index contributed by atoms with van der Waals surface area (Å²) in [5.41, 5.74) is 6.17. The molecule has 1 fully saturated rings. The summed E-state index contributed by atoms with van der Waals surface area (Å²) in [6.45, 7) is 1.67. The third kappa shape index (κ3) is 3.61. The van der Waals surface area contributed by atoms with E-state index < -0.39 is 23.6 Å². The van der Waals surface area contributed by atoms with Gasteiger partial charge in [-0.15, -0.1) is 0 Å². The lowest BCUT2D eigenvalue weighted by Gasteiger charge is -2.36. The summed E-state index contributed by atoms with van der Waals surface area (Å²) >= 11 is 0. The van der Waals surface area contributed by atoms with Crippen molar-refractivity contribution in [3.05, 3.63) is 35.4 Å². The van der Waals surface area contributed by atoms with Crippen LogP contribution >= 0.6 is 0 Å². The zero-order valence-corrected chi connectivity index (χ0v) is 12.3. The smallest absolute Gasteiger partial charge is 0.416 e. The summed E-state index contributed by atoms with van der Waals surface area (Å²) in [7, 11) is 0. The van der Waals surface area contributed by atoms with Crippen LogP contribution < -0.4 is 5.73 Å². The maximum atomic E-state index is 12.6. The van der Waals surface area contributed by atoms with E-state index in [4.69, 9.17) is 10.8 Å². The van der Waals surface area contributed by atoms with E-state index in [-0.39, 0.29) is 17.9 Å². The van der Waals surface area contributed by atoms with Gasteiger partial charge in [-0.05, 0) is 48.8 Å². The van der Waals surface area contributed by atoms with Crippen LogP contribution in [0.2, 0.25) is 0 Å². The Morgan fingerprint density at radius 1 is 1.27 bits per heavy atom. The zero-order valence-electron chi connectivity index (χ0n) is 12.3. The Morgan fingerprint density at radius 3 is 2.36 bits per heavy atom. The molecule has 6 heteroatoms. The summed E-state index contributed by atoms with van der Waals surface area (Å²) in [5, 5.41) is 9.13.